The lowest BCUT2D eigenvalue weighted by Crippen LogP contribution is -2.56. The number of thiazole rings is 1. The molecule has 2 aliphatic rings. The molecule has 0 unspecified atom stereocenters. The Hall–Kier alpha value is -1.99. The van der Waals surface area contributed by atoms with Crippen LogP contribution < -0.4 is 10.1 Å². The third-order valence-electron chi connectivity index (χ3n) is 4.44. The van der Waals surface area contributed by atoms with Crippen molar-refractivity contribution in [3.63, 3.8) is 0 Å². The lowest BCUT2D eigenvalue weighted by molar-refractivity contribution is -0.191. The van der Waals surface area contributed by atoms with Gasteiger partial charge in [-0.2, -0.15) is 0 Å². The molecule has 0 aromatic carbocycles. The molecular weight excluding hydrogens is 326 g/mol. The Morgan fingerprint density at radius 3 is 2.71 bits per heavy atom. The average molecular weight is 345 g/mol. The number of nitrogens with zero attached hydrogens (tertiary/aromatic N) is 2. The van der Waals surface area contributed by atoms with Crippen molar-refractivity contribution >= 4 is 22.4 Å². The molecule has 24 heavy (non-hydrogen) atoms. The number of aromatic nitrogens is 2. The van der Waals surface area contributed by atoms with Crippen LogP contribution in [0.3, 0.4) is 0 Å². The number of hydrogen-bond donors (Lipinski definition) is 1. The summed E-state index contributed by atoms with van der Waals surface area (Å²) in [7, 11) is 0. The largest absolute Gasteiger partial charge is 0.490 e. The van der Waals surface area contributed by atoms with Crippen LogP contribution in [0.1, 0.15) is 34.7 Å². The molecule has 2 aromatic heterocycles. The average Bonchev–Trinajstić information content (AvgIpc) is 2.85. The predicted octanol–water partition coefficient (Wildman–Crippen LogP) is 2.97. The van der Waals surface area contributed by atoms with Gasteiger partial charge in [0.2, 0.25) is 0 Å². The van der Waals surface area contributed by atoms with E-state index in [9.17, 15) is 4.79 Å². The van der Waals surface area contributed by atoms with Gasteiger partial charge in [0.1, 0.15) is 17.5 Å². The number of nitrogens with one attached hydrogen (secondary N) is 1. The first-order chi connectivity index (χ1) is 11.5. The first kappa shape index (κ1) is 15.5. The summed E-state index contributed by atoms with van der Waals surface area (Å²) in [5, 5.41) is 5.25. The van der Waals surface area contributed by atoms with Crippen LogP contribution >= 0.6 is 11.3 Å². The van der Waals surface area contributed by atoms with Crippen LogP contribution in [0.4, 0.5) is 5.13 Å². The third kappa shape index (κ3) is 3.01. The maximum atomic E-state index is 12.4. The van der Waals surface area contributed by atoms with Crippen molar-refractivity contribution in [1.82, 2.24) is 9.97 Å². The zero-order chi connectivity index (χ0) is 16.7. The van der Waals surface area contributed by atoms with Crippen molar-refractivity contribution in [2.75, 3.05) is 18.5 Å². The van der Waals surface area contributed by atoms with Crippen molar-refractivity contribution < 1.29 is 14.3 Å². The summed E-state index contributed by atoms with van der Waals surface area (Å²) in [5.74, 6) is 0.429. The number of carbonyl (C=O) groups is 1. The van der Waals surface area contributed by atoms with Crippen molar-refractivity contribution in [3.05, 3.63) is 34.6 Å². The van der Waals surface area contributed by atoms with E-state index in [0.717, 1.165) is 37.4 Å². The highest BCUT2D eigenvalue weighted by Crippen LogP contribution is 2.48. The molecule has 1 saturated carbocycles. The normalized spacial score (nSPS) is 18.8. The van der Waals surface area contributed by atoms with Gasteiger partial charge in [-0.25, -0.2) is 9.97 Å². The van der Waals surface area contributed by atoms with Crippen LogP contribution in [0.5, 0.6) is 5.75 Å². The molecule has 4 rings (SSSR count). The van der Waals surface area contributed by atoms with Crippen LogP contribution in [0, 0.1) is 19.3 Å². The second-order valence-electron chi connectivity index (χ2n) is 6.72. The molecular formula is C17H19N3O3S. The van der Waals surface area contributed by atoms with E-state index < -0.39 is 0 Å². The summed E-state index contributed by atoms with van der Waals surface area (Å²) in [6.07, 6.45) is 2.25. The van der Waals surface area contributed by atoms with E-state index in [1.165, 1.54) is 11.3 Å². The number of aryl methyl sites for hydroxylation is 2. The summed E-state index contributed by atoms with van der Waals surface area (Å²) in [5.41, 5.74) is 2.35. The Morgan fingerprint density at radius 1 is 1.29 bits per heavy atom. The Bertz CT molecular complexity index is 777. The van der Waals surface area contributed by atoms with Crippen LogP contribution in [0.25, 0.3) is 0 Å². The maximum Gasteiger partial charge on any atom is 0.276 e. The topological polar surface area (TPSA) is 73.3 Å². The van der Waals surface area contributed by atoms with E-state index in [4.69, 9.17) is 9.47 Å². The summed E-state index contributed by atoms with van der Waals surface area (Å²) in [4.78, 5) is 20.9. The molecule has 1 saturated heterocycles. The molecule has 126 valence electrons. The molecule has 7 heteroatoms. The van der Waals surface area contributed by atoms with Crippen molar-refractivity contribution in [1.29, 1.82) is 0 Å². The van der Waals surface area contributed by atoms with Crippen LogP contribution in [-0.4, -0.2) is 35.2 Å². The molecule has 0 radical (unpaired) electrons. The Balaban J connectivity index is 1.43. The summed E-state index contributed by atoms with van der Waals surface area (Å²) < 4.78 is 11.3. The van der Waals surface area contributed by atoms with E-state index in [0.29, 0.717) is 22.0 Å². The summed E-state index contributed by atoms with van der Waals surface area (Å²) >= 11 is 1.40. The number of pyridine rings is 1. The first-order valence-corrected chi connectivity index (χ1v) is 8.86. The van der Waals surface area contributed by atoms with E-state index in [2.05, 4.69) is 15.3 Å². The number of hydrogen-bond acceptors (Lipinski definition) is 6. The van der Waals surface area contributed by atoms with Gasteiger partial charge in [-0.15, -0.1) is 11.3 Å². The lowest BCUT2D eigenvalue weighted by atomic mass is 9.65. The van der Waals surface area contributed by atoms with Gasteiger partial charge in [-0.05, 0) is 26.7 Å². The molecule has 2 fully saturated rings. The van der Waals surface area contributed by atoms with Gasteiger partial charge in [-0.3, -0.25) is 10.1 Å². The molecule has 1 aliphatic heterocycles. The molecule has 1 aliphatic carbocycles. The second kappa shape index (κ2) is 5.82. The summed E-state index contributed by atoms with van der Waals surface area (Å²) in [6.45, 7) is 5.45. The monoisotopic (exact) mass is 345 g/mol. The maximum absolute atomic E-state index is 12.4. The SMILES string of the molecule is Cc1cc(OC2CC3(COC3)C2)cc(C(=O)Nc2nc(C)cs2)n1. The van der Waals surface area contributed by atoms with Crippen LogP contribution in [-0.2, 0) is 4.74 Å². The number of rotatable bonds is 4. The van der Waals surface area contributed by atoms with Gasteiger partial charge < -0.3 is 9.47 Å². The highest BCUT2D eigenvalue weighted by Gasteiger charge is 2.51. The van der Waals surface area contributed by atoms with Crippen molar-refractivity contribution in [2.45, 2.75) is 32.8 Å². The number of ether oxygens (including phenoxy) is 2. The predicted molar refractivity (Wildman–Crippen MR) is 90.7 cm³/mol. The standard InChI is InChI=1S/C17H19N3O3S/c1-10-3-12(23-13-5-17(6-13)8-22-9-17)4-14(18-10)15(21)20-16-19-11(2)7-24-16/h3-4,7,13H,5-6,8-9H2,1-2H3,(H,19,20,21). The first-order valence-electron chi connectivity index (χ1n) is 7.98. The molecule has 3 heterocycles. The van der Waals surface area contributed by atoms with Crippen molar-refractivity contribution in [2.24, 2.45) is 5.41 Å². The molecule has 0 bridgehead atoms. The fourth-order valence-electron chi connectivity index (χ4n) is 3.20. The molecule has 6 nitrogen and oxygen atoms in total. The molecule has 2 aromatic rings. The minimum atomic E-state index is -0.268. The summed E-state index contributed by atoms with van der Waals surface area (Å²) in [6, 6.07) is 3.57. The van der Waals surface area contributed by atoms with Gasteiger partial charge >= 0.3 is 0 Å². The van der Waals surface area contributed by atoms with E-state index in [1.54, 1.807) is 6.07 Å². The van der Waals surface area contributed by atoms with Crippen LogP contribution in [0.2, 0.25) is 0 Å². The fourth-order valence-corrected chi connectivity index (χ4v) is 3.89. The Labute approximate surface area is 144 Å². The third-order valence-corrected chi connectivity index (χ3v) is 5.32. The second-order valence-corrected chi connectivity index (χ2v) is 7.58. The zero-order valence-corrected chi connectivity index (χ0v) is 14.5. The van der Waals surface area contributed by atoms with Crippen LogP contribution in [0.15, 0.2) is 17.5 Å². The quantitative estimate of drug-likeness (QED) is 0.922. The molecule has 1 spiro atoms. The molecule has 1 N–H and O–H groups in total. The Morgan fingerprint density at radius 2 is 2.08 bits per heavy atom. The van der Waals surface area contributed by atoms with Gasteiger partial charge in [0.15, 0.2) is 5.13 Å². The lowest BCUT2D eigenvalue weighted by Gasteiger charge is -2.52. The van der Waals surface area contributed by atoms with Crippen molar-refractivity contribution in [3.8, 4) is 5.75 Å². The van der Waals surface area contributed by atoms with Gasteiger partial charge in [0.25, 0.3) is 5.91 Å². The number of carbonyl (C=O) groups excluding carboxylic acids is 1. The van der Waals surface area contributed by atoms with E-state index >= 15 is 0 Å². The zero-order valence-electron chi connectivity index (χ0n) is 13.7. The fraction of sp³-hybridized carbons (Fsp3) is 0.471. The smallest absolute Gasteiger partial charge is 0.276 e. The van der Waals surface area contributed by atoms with Gasteiger partial charge in [0.05, 0.1) is 18.9 Å². The minimum absolute atomic E-state index is 0.202. The highest BCUT2D eigenvalue weighted by molar-refractivity contribution is 7.13. The molecule has 1 amide bonds. The van der Waals surface area contributed by atoms with E-state index in [-0.39, 0.29) is 12.0 Å². The van der Waals surface area contributed by atoms with Gasteiger partial charge in [-0.1, -0.05) is 0 Å². The Kier molecular flexibility index (Phi) is 3.77. The number of anilines is 1. The highest BCUT2D eigenvalue weighted by atomic mass is 32.1. The number of amides is 1. The van der Waals surface area contributed by atoms with Gasteiger partial charge in [0, 0.05) is 28.6 Å². The minimum Gasteiger partial charge on any atom is -0.490 e. The van der Waals surface area contributed by atoms with E-state index in [1.807, 2.05) is 25.3 Å². The molecule has 0 atom stereocenters.